The molecule has 0 unspecified atom stereocenters. The second kappa shape index (κ2) is 11.6. The zero-order valence-electron chi connectivity index (χ0n) is 18.6. The molecule has 2 aliphatic rings. The zero-order valence-corrected chi connectivity index (χ0v) is 18.6. The van der Waals surface area contributed by atoms with Crippen LogP contribution in [0.15, 0.2) is 30.3 Å². The lowest BCUT2D eigenvalue weighted by Crippen LogP contribution is -2.48. The number of Topliss-reactive ketones (excluding diaryl/α,β-unsaturated/α-hetero) is 1. The van der Waals surface area contributed by atoms with Gasteiger partial charge < -0.3 is 14.5 Å². The van der Waals surface area contributed by atoms with E-state index in [1.807, 2.05) is 23.1 Å². The minimum absolute atomic E-state index is 0.342. The maximum atomic E-state index is 13.2. The number of hydrogen-bond acceptors (Lipinski definition) is 5. The normalized spacial score (nSPS) is 21.1. The number of likely N-dealkylation sites (N-methyl/N-ethyl adjacent to an activating group) is 1. The van der Waals surface area contributed by atoms with Gasteiger partial charge in [0.05, 0.1) is 6.61 Å². The first kappa shape index (κ1) is 22.9. The van der Waals surface area contributed by atoms with Crippen molar-refractivity contribution < 1.29 is 14.3 Å². The summed E-state index contributed by atoms with van der Waals surface area (Å²) < 4.78 is 5.19. The van der Waals surface area contributed by atoms with E-state index in [1.165, 1.54) is 6.42 Å². The number of ketones is 1. The number of rotatable bonds is 10. The number of carbonyl (C=O) groups excluding carboxylic acids is 2. The Morgan fingerprint density at radius 3 is 2.47 bits per heavy atom. The van der Waals surface area contributed by atoms with Crippen molar-refractivity contribution in [2.75, 3.05) is 59.5 Å². The molecular formula is C24H37N3O3. The number of methoxy groups -OCH3 is 1. The molecule has 2 aliphatic heterocycles. The minimum atomic E-state index is -0.380. The lowest BCUT2D eigenvalue weighted by atomic mass is 9.95. The van der Waals surface area contributed by atoms with Crippen LogP contribution in [-0.4, -0.2) is 92.0 Å². The quantitative estimate of drug-likeness (QED) is 0.434. The molecule has 0 spiro atoms. The van der Waals surface area contributed by atoms with Gasteiger partial charge in [0, 0.05) is 38.3 Å². The average molecular weight is 416 g/mol. The number of piperidine rings is 1. The van der Waals surface area contributed by atoms with Crippen molar-refractivity contribution >= 4 is 11.7 Å². The molecule has 1 amide bonds. The van der Waals surface area contributed by atoms with E-state index in [4.69, 9.17) is 4.74 Å². The molecule has 6 heteroatoms. The maximum absolute atomic E-state index is 13.2. The Morgan fingerprint density at radius 2 is 1.80 bits per heavy atom. The number of carbonyl (C=O) groups is 2. The monoisotopic (exact) mass is 415 g/mol. The summed E-state index contributed by atoms with van der Waals surface area (Å²) in [5.41, 5.74) is 0.487. The SMILES string of the molecule is CCN1CCC[C@H]1CN(CC1CCN(CCOC)CC1)C(=O)C(=O)c1ccccc1. The number of benzene rings is 1. The van der Waals surface area contributed by atoms with Crippen LogP contribution < -0.4 is 0 Å². The maximum Gasteiger partial charge on any atom is 0.295 e. The van der Waals surface area contributed by atoms with Gasteiger partial charge in [0.1, 0.15) is 0 Å². The van der Waals surface area contributed by atoms with Gasteiger partial charge in [-0.1, -0.05) is 37.3 Å². The summed E-state index contributed by atoms with van der Waals surface area (Å²) in [4.78, 5) is 32.9. The summed E-state index contributed by atoms with van der Waals surface area (Å²) in [6.45, 7) is 9.40. The fourth-order valence-electron chi connectivity index (χ4n) is 4.79. The third-order valence-electron chi connectivity index (χ3n) is 6.65. The molecule has 1 atom stereocenters. The summed E-state index contributed by atoms with van der Waals surface area (Å²) in [6, 6.07) is 9.34. The van der Waals surface area contributed by atoms with E-state index in [-0.39, 0.29) is 11.7 Å². The highest BCUT2D eigenvalue weighted by Crippen LogP contribution is 2.22. The number of ether oxygens (including phenoxy) is 1. The number of hydrogen-bond donors (Lipinski definition) is 0. The van der Waals surface area contributed by atoms with Crippen LogP contribution in [0.2, 0.25) is 0 Å². The lowest BCUT2D eigenvalue weighted by molar-refractivity contribution is -0.128. The van der Waals surface area contributed by atoms with E-state index >= 15 is 0 Å². The second-order valence-electron chi connectivity index (χ2n) is 8.61. The van der Waals surface area contributed by atoms with E-state index in [0.29, 0.717) is 30.6 Å². The standard InChI is InChI=1S/C24H37N3O3/c1-3-26-13-7-10-22(26)19-27(24(29)23(28)21-8-5-4-6-9-21)18-20-11-14-25(15-12-20)16-17-30-2/h4-6,8-9,20,22H,3,7,10-19H2,1-2H3/t22-/m0/s1. The highest BCUT2D eigenvalue weighted by molar-refractivity contribution is 6.42. The van der Waals surface area contributed by atoms with Crippen molar-refractivity contribution in [3.63, 3.8) is 0 Å². The first-order chi connectivity index (χ1) is 14.6. The van der Waals surface area contributed by atoms with E-state index in [0.717, 1.165) is 58.6 Å². The fraction of sp³-hybridized carbons (Fsp3) is 0.667. The molecule has 0 aromatic heterocycles. The third kappa shape index (κ3) is 6.13. The summed E-state index contributed by atoms with van der Waals surface area (Å²) in [5, 5.41) is 0. The van der Waals surface area contributed by atoms with Crippen LogP contribution in [0.4, 0.5) is 0 Å². The van der Waals surface area contributed by atoms with Crippen molar-refractivity contribution in [2.45, 2.75) is 38.6 Å². The van der Waals surface area contributed by atoms with Crippen LogP contribution in [0.5, 0.6) is 0 Å². The number of likely N-dealkylation sites (tertiary alicyclic amines) is 2. The smallest absolute Gasteiger partial charge is 0.295 e. The van der Waals surface area contributed by atoms with Crippen molar-refractivity contribution in [3.05, 3.63) is 35.9 Å². The highest BCUT2D eigenvalue weighted by atomic mass is 16.5. The van der Waals surface area contributed by atoms with Gasteiger partial charge in [-0.25, -0.2) is 0 Å². The van der Waals surface area contributed by atoms with Gasteiger partial charge in [-0.2, -0.15) is 0 Å². The Morgan fingerprint density at radius 1 is 1.07 bits per heavy atom. The Labute approximate surface area is 181 Å². The van der Waals surface area contributed by atoms with Gasteiger partial charge in [-0.15, -0.1) is 0 Å². The zero-order chi connectivity index (χ0) is 21.3. The van der Waals surface area contributed by atoms with Gasteiger partial charge in [0.15, 0.2) is 0 Å². The number of nitrogens with zero attached hydrogens (tertiary/aromatic N) is 3. The Bertz CT molecular complexity index is 674. The summed E-state index contributed by atoms with van der Waals surface area (Å²) in [7, 11) is 1.74. The molecule has 30 heavy (non-hydrogen) atoms. The molecule has 0 radical (unpaired) electrons. The molecule has 2 saturated heterocycles. The second-order valence-corrected chi connectivity index (χ2v) is 8.61. The van der Waals surface area contributed by atoms with Crippen LogP contribution in [0.25, 0.3) is 0 Å². The minimum Gasteiger partial charge on any atom is -0.383 e. The Balaban J connectivity index is 1.65. The highest BCUT2D eigenvalue weighted by Gasteiger charge is 2.32. The number of amides is 1. The van der Waals surface area contributed by atoms with Gasteiger partial charge in [0.2, 0.25) is 5.78 Å². The molecule has 1 aromatic carbocycles. The van der Waals surface area contributed by atoms with E-state index < -0.39 is 0 Å². The fourth-order valence-corrected chi connectivity index (χ4v) is 4.79. The van der Waals surface area contributed by atoms with Crippen molar-refractivity contribution in [1.82, 2.24) is 14.7 Å². The molecule has 3 rings (SSSR count). The van der Waals surface area contributed by atoms with Crippen molar-refractivity contribution in [3.8, 4) is 0 Å². The molecule has 0 aliphatic carbocycles. The van der Waals surface area contributed by atoms with Crippen LogP contribution in [-0.2, 0) is 9.53 Å². The molecule has 0 saturated carbocycles. The van der Waals surface area contributed by atoms with E-state index in [2.05, 4.69) is 16.7 Å². The van der Waals surface area contributed by atoms with Crippen LogP contribution >= 0.6 is 0 Å². The first-order valence-electron chi connectivity index (χ1n) is 11.5. The Kier molecular flexibility index (Phi) is 8.85. The van der Waals surface area contributed by atoms with Crippen molar-refractivity contribution in [2.24, 2.45) is 5.92 Å². The van der Waals surface area contributed by atoms with Crippen LogP contribution in [0.3, 0.4) is 0 Å². The van der Waals surface area contributed by atoms with Crippen LogP contribution in [0, 0.1) is 5.92 Å². The van der Waals surface area contributed by atoms with Gasteiger partial charge >= 0.3 is 0 Å². The van der Waals surface area contributed by atoms with Crippen LogP contribution in [0.1, 0.15) is 43.0 Å². The molecule has 1 aromatic rings. The predicted octanol–water partition coefficient (Wildman–Crippen LogP) is 2.54. The van der Waals surface area contributed by atoms with E-state index in [1.54, 1.807) is 19.2 Å². The first-order valence-corrected chi connectivity index (χ1v) is 11.5. The molecular weight excluding hydrogens is 378 g/mol. The molecule has 0 N–H and O–H groups in total. The Hall–Kier alpha value is -1.76. The molecule has 2 fully saturated rings. The summed E-state index contributed by atoms with van der Waals surface area (Å²) in [6.07, 6.45) is 4.40. The largest absolute Gasteiger partial charge is 0.383 e. The molecule has 6 nitrogen and oxygen atoms in total. The molecule has 166 valence electrons. The van der Waals surface area contributed by atoms with Gasteiger partial charge in [0.25, 0.3) is 5.91 Å². The summed E-state index contributed by atoms with van der Waals surface area (Å²) in [5.74, 6) is -0.270. The van der Waals surface area contributed by atoms with Crippen molar-refractivity contribution in [1.29, 1.82) is 0 Å². The predicted molar refractivity (Wildman–Crippen MR) is 119 cm³/mol. The topological polar surface area (TPSA) is 53.1 Å². The lowest BCUT2D eigenvalue weighted by Gasteiger charge is -2.36. The third-order valence-corrected chi connectivity index (χ3v) is 6.65. The average Bonchev–Trinajstić information content (AvgIpc) is 3.25. The molecule has 2 heterocycles. The summed E-state index contributed by atoms with van der Waals surface area (Å²) >= 11 is 0. The van der Waals surface area contributed by atoms with Gasteiger partial charge in [-0.05, 0) is 57.8 Å². The van der Waals surface area contributed by atoms with Gasteiger partial charge in [-0.3, -0.25) is 14.5 Å². The molecule has 0 bridgehead atoms. The van der Waals surface area contributed by atoms with E-state index in [9.17, 15) is 9.59 Å².